The molecule has 1 fully saturated rings. The topological polar surface area (TPSA) is 42.8 Å². The molecule has 98 valence electrons. The molecule has 2 rings (SSSR count). The van der Waals surface area contributed by atoms with Crippen molar-refractivity contribution in [2.24, 2.45) is 0 Å². The lowest BCUT2D eigenvalue weighted by Crippen LogP contribution is -3.11. The number of anilines is 1. The number of nitrogens with one attached hydrogen (secondary N) is 2. The molecule has 2 N–H and O–H groups in total. The lowest BCUT2D eigenvalue weighted by atomic mass is 10.3. The van der Waals surface area contributed by atoms with E-state index in [-0.39, 0.29) is 5.91 Å². The van der Waals surface area contributed by atoms with Gasteiger partial charge >= 0.3 is 0 Å². The molecule has 1 amide bonds. The number of carbonyl (C=O) groups excluding carboxylic acids is 1. The summed E-state index contributed by atoms with van der Waals surface area (Å²) in [6.07, 6.45) is 2.48. The van der Waals surface area contributed by atoms with Gasteiger partial charge in [-0.2, -0.15) is 0 Å². The van der Waals surface area contributed by atoms with E-state index < -0.39 is 0 Å². The zero-order chi connectivity index (χ0) is 12.8. The van der Waals surface area contributed by atoms with Crippen LogP contribution in [0.15, 0.2) is 24.3 Å². The fraction of sp³-hybridized carbons (Fsp3) is 0.500. The average Bonchev–Trinajstić information content (AvgIpc) is 2.84. The van der Waals surface area contributed by atoms with Gasteiger partial charge in [0.15, 0.2) is 6.54 Å². The van der Waals surface area contributed by atoms with Crippen molar-refractivity contribution in [3.8, 4) is 5.75 Å². The Morgan fingerprint density at radius 2 is 1.94 bits per heavy atom. The summed E-state index contributed by atoms with van der Waals surface area (Å²) in [7, 11) is 0. The Hall–Kier alpha value is -1.55. The lowest BCUT2D eigenvalue weighted by Gasteiger charge is -2.12. The van der Waals surface area contributed by atoms with Gasteiger partial charge in [0, 0.05) is 18.5 Å². The van der Waals surface area contributed by atoms with Gasteiger partial charge in [-0.05, 0) is 31.2 Å². The first kappa shape index (κ1) is 12.9. The van der Waals surface area contributed by atoms with Crippen LogP contribution in [0.25, 0.3) is 0 Å². The Bertz CT molecular complexity index is 383. The molecule has 1 aliphatic heterocycles. The smallest absolute Gasteiger partial charge is 0.279 e. The van der Waals surface area contributed by atoms with E-state index in [1.807, 2.05) is 31.2 Å². The largest absolute Gasteiger partial charge is 0.494 e. The van der Waals surface area contributed by atoms with Crippen LogP contribution in [-0.2, 0) is 4.79 Å². The first-order valence-electron chi connectivity index (χ1n) is 6.64. The number of benzene rings is 1. The summed E-state index contributed by atoms with van der Waals surface area (Å²) < 4.78 is 5.36. The molecule has 0 aliphatic carbocycles. The van der Waals surface area contributed by atoms with Gasteiger partial charge in [-0.15, -0.1) is 0 Å². The molecule has 1 heterocycles. The first-order valence-corrected chi connectivity index (χ1v) is 6.64. The third kappa shape index (κ3) is 3.74. The SMILES string of the molecule is CCOc1ccc(NC(=O)C[NH+]2CCCC2)cc1. The average molecular weight is 249 g/mol. The Morgan fingerprint density at radius 1 is 1.28 bits per heavy atom. The normalized spacial score (nSPS) is 15.6. The van der Waals surface area contributed by atoms with E-state index in [4.69, 9.17) is 4.74 Å². The van der Waals surface area contributed by atoms with Gasteiger partial charge in [0.1, 0.15) is 5.75 Å². The molecule has 0 bridgehead atoms. The second kappa shape index (κ2) is 6.40. The Morgan fingerprint density at radius 3 is 2.56 bits per heavy atom. The highest BCUT2D eigenvalue weighted by Crippen LogP contribution is 2.15. The van der Waals surface area contributed by atoms with Crippen LogP contribution in [0.1, 0.15) is 19.8 Å². The zero-order valence-corrected chi connectivity index (χ0v) is 10.9. The summed E-state index contributed by atoms with van der Waals surface area (Å²) in [6, 6.07) is 7.51. The van der Waals surface area contributed by atoms with Gasteiger partial charge in [0.05, 0.1) is 19.7 Å². The van der Waals surface area contributed by atoms with Crippen LogP contribution >= 0.6 is 0 Å². The van der Waals surface area contributed by atoms with Gasteiger partial charge < -0.3 is 15.0 Å². The van der Waals surface area contributed by atoms with Crippen LogP contribution < -0.4 is 15.0 Å². The van der Waals surface area contributed by atoms with Crippen molar-refractivity contribution < 1.29 is 14.4 Å². The molecule has 4 heteroatoms. The quantitative estimate of drug-likeness (QED) is 0.807. The van der Waals surface area contributed by atoms with Gasteiger partial charge in [0.2, 0.25) is 0 Å². The molecule has 4 nitrogen and oxygen atoms in total. The van der Waals surface area contributed by atoms with Crippen molar-refractivity contribution in [3.63, 3.8) is 0 Å². The van der Waals surface area contributed by atoms with Gasteiger partial charge in [-0.3, -0.25) is 4.79 Å². The summed E-state index contributed by atoms with van der Waals surface area (Å²) >= 11 is 0. The maximum atomic E-state index is 11.8. The molecule has 1 aliphatic rings. The number of quaternary nitrogens is 1. The van der Waals surface area contributed by atoms with Crippen molar-refractivity contribution in [3.05, 3.63) is 24.3 Å². The molecule has 0 saturated carbocycles. The molecule has 0 spiro atoms. The van der Waals surface area contributed by atoms with E-state index in [0.717, 1.165) is 24.5 Å². The summed E-state index contributed by atoms with van der Waals surface area (Å²) in [5, 5.41) is 2.92. The standard InChI is InChI=1S/C14H20N2O2/c1-2-18-13-7-5-12(6-8-13)15-14(17)11-16-9-3-4-10-16/h5-8H,2-4,9-11H2,1H3,(H,15,17)/p+1. The lowest BCUT2D eigenvalue weighted by molar-refractivity contribution is -0.878. The number of ether oxygens (including phenoxy) is 1. The van der Waals surface area contributed by atoms with E-state index in [1.165, 1.54) is 17.7 Å². The Balaban J connectivity index is 1.82. The fourth-order valence-electron chi connectivity index (χ4n) is 2.29. The highest BCUT2D eigenvalue weighted by molar-refractivity contribution is 5.91. The van der Waals surface area contributed by atoms with E-state index in [2.05, 4.69) is 5.32 Å². The van der Waals surface area contributed by atoms with Crippen molar-refractivity contribution >= 4 is 11.6 Å². The van der Waals surface area contributed by atoms with Crippen LogP contribution in [0.3, 0.4) is 0 Å². The molecular formula is C14H21N2O2+. The number of amides is 1. The highest BCUT2D eigenvalue weighted by atomic mass is 16.5. The maximum Gasteiger partial charge on any atom is 0.279 e. The molecule has 0 unspecified atom stereocenters. The zero-order valence-electron chi connectivity index (χ0n) is 10.9. The van der Waals surface area contributed by atoms with Crippen LogP contribution in [-0.4, -0.2) is 32.1 Å². The molecule has 0 aromatic heterocycles. The van der Waals surface area contributed by atoms with E-state index in [0.29, 0.717) is 13.2 Å². The predicted octanol–water partition coefficient (Wildman–Crippen LogP) is 0.702. The molecular weight excluding hydrogens is 228 g/mol. The molecule has 0 atom stereocenters. The van der Waals surface area contributed by atoms with Crippen LogP contribution in [0.2, 0.25) is 0 Å². The molecule has 1 saturated heterocycles. The third-order valence-corrected chi connectivity index (χ3v) is 3.17. The minimum absolute atomic E-state index is 0.0936. The Kier molecular flexibility index (Phi) is 4.59. The van der Waals surface area contributed by atoms with Crippen LogP contribution in [0, 0.1) is 0 Å². The minimum Gasteiger partial charge on any atom is -0.494 e. The number of carbonyl (C=O) groups is 1. The van der Waals surface area contributed by atoms with Gasteiger partial charge in [0.25, 0.3) is 5.91 Å². The number of hydrogen-bond acceptors (Lipinski definition) is 2. The van der Waals surface area contributed by atoms with Gasteiger partial charge in [-0.25, -0.2) is 0 Å². The molecule has 1 aromatic rings. The number of hydrogen-bond donors (Lipinski definition) is 2. The first-order chi connectivity index (χ1) is 8.78. The number of rotatable bonds is 5. The fourth-order valence-corrected chi connectivity index (χ4v) is 2.29. The molecule has 1 aromatic carbocycles. The third-order valence-electron chi connectivity index (χ3n) is 3.17. The van der Waals surface area contributed by atoms with Crippen molar-refractivity contribution in [2.45, 2.75) is 19.8 Å². The summed E-state index contributed by atoms with van der Waals surface area (Å²) in [5.74, 6) is 0.928. The van der Waals surface area contributed by atoms with Crippen LogP contribution in [0.4, 0.5) is 5.69 Å². The minimum atomic E-state index is 0.0936. The predicted molar refractivity (Wildman–Crippen MR) is 71.0 cm³/mol. The second-order valence-electron chi connectivity index (χ2n) is 4.64. The maximum absolute atomic E-state index is 11.8. The van der Waals surface area contributed by atoms with Crippen molar-refractivity contribution in [1.82, 2.24) is 0 Å². The van der Waals surface area contributed by atoms with E-state index in [1.54, 1.807) is 0 Å². The highest BCUT2D eigenvalue weighted by Gasteiger charge is 2.18. The Labute approximate surface area is 108 Å². The van der Waals surface area contributed by atoms with E-state index in [9.17, 15) is 4.79 Å². The van der Waals surface area contributed by atoms with Crippen molar-refractivity contribution in [1.29, 1.82) is 0 Å². The summed E-state index contributed by atoms with van der Waals surface area (Å²) in [5.41, 5.74) is 0.835. The molecule has 0 radical (unpaired) electrons. The second-order valence-corrected chi connectivity index (χ2v) is 4.64. The summed E-state index contributed by atoms with van der Waals surface area (Å²) in [6.45, 7) is 5.43. The molecule has 18 heavy (non-hydrogen) atoms. The van der Waals surface area contributed by atoms with E-state index >= 15 is 0 Å². The van der Waals surface area contributed by atoms with Crippen LogP contribution in [0.5, 0.6) is 5.75 Å². The van der Waals surface area contributed by atoms with Crippen molar-refractivity contribution in [2.75, 3.05) is 31.6 Å². The number of likely N-dealkylation sites (tertiary alicyclic amines) is 1. The monoisotopic (exact) mass is 249 g/mol. The van der Waals surface area contributed by atoms with Gasteiger partial charge in [-0.1, -0.05) is 0 Å². The summed E-state index contributed by atoms with van der Waals surface area (Å²) in [4.78, 5) is 13.2.